The van der Waals surface area contributed by atoms with Gasteiger partial charge in [0, 0.05) is 6.66 Å². The van der Waals surface area contributed by atoms with Crippen LogP contribution in [0.3, 0.4) is 0 Å². The van der Waals surface area contributed by atoms with E-state index in [-0.39, 0.29) is 0 Å². The van der Waals surface area contributed by atoms with E-state index >= 15 is 0 Å². The Morgan fingerprint density at radius 2 is 1.90 bits per heavy atom. The molecular formula is CH3Cl3N3P3+2. The molecule has 1 rings (SSSR count). The molecule has 0 fully saturated rings. The van der Waals surface area contributed by atoms with Crippen LogP contribution in [0.25, 0.3) is 0 Å². The fourth-order valence-corrected chi connectivity index (χ4v) is 10.0. The van der Waals surface area contributed by atoms with Crippen LogP contribution in [0.15, 0.2) is 13.5 Å². The maximum atomic E-state index is 5.84. The number of rotatable bonds is 0. The van der Waals surface area contributed by atoms with Gasteiger partial charge in [-0.3, -0.25) is 0 Å². The van der Waals surface area contributed by atoms with Crippen molar-refractivity contribution < 1.29 is 0 Å². The molecule has 1 heterocycles. The molecule has 0 aromatic carbocycles. The summed E-state index contributed by atoms with van der Waals surface area (Å²) < 4.78 is 11.8. The van der Waals surface area contributed by atoms with Gasteiger partial charge >= 0.3 is 14.4 Å². The summed E-state index contributed by atoms with van der Waals surface area (Å²) in [5.41, 5.74) is 0. The number of hydrogen-bond donors (Lipinski definition) is 0. The van der Waals surface area contributed by atoms with Gasteiger partial charge in [0.1, 0.15) is 0 Å². The Bertz CT molecular complexity index is 259. The Labute approximate surface area is 75.0 Å². The molecule has 0 amide bonds. The molecule has 0 aromatic heterocycles. The van der Waals surface area contributed by atoms with Gasteiger partial charge in [-0.2, -0.15) is 0 Å². The predicted molar refractivity (Wildman–Crippen MR) is 51.5 cm³/mol. The molecule has 1 aliphatic rings. The average molecular weight is 256 g/mol. The van der Waals surface area contributed by atoms with Crippen LogP contribution in [0.4, 0.5) is 0 Å². The summed E-state index contributed by atoms with van der Waals surface area (Å²) in [6, 6.07) is 0. The topological polar surface area (TPSA) is 37.1 Å². The molecule has 3 nitrogen and oxygen atoms in total. The highest BCUT2D eigenvalue weighted by Gasteiger charge is 2.33. The van der Waals surface area contributed by atoms with Gasteiger partial charge in [0.15, 0.2) is 0 Å². The summed E-state index contributed by atoms with van der Waals surface area (Å²) in [4.78, 5) is 0. The normalized spacial score (nSPS) is 39.6. The van der Waals surface area contributed by atoms with Crippen LogP contribution in [0.5, 0.6) is 0 Å². The van der Waals surface area contributed by atoms with Crippen LogP contribution in [-0.2, 0) is 0 Å². The maximum absolute atomic E-state index is 5.84. The van der Waals surface area contributed by atoms with E-state index in [1.54, 1.807) is 6.66 Å². The second-order valence-corrected chi connectivity index (χ2v) is 10.0. The summed E-state index contributed by atoms with van der Waals surface area (Å²) in [6.07, 6.45) is 0. The Kier molecular flexibility index (Phi) is 3.15. The van der Waals surface area contributed by atoms with E-state index < -0.39 is 21.0 Å². The first-order valence-electron chi connectivity index (χ1n) is 2.15. The molecular weight excluding hydrogens is 253 g/mol. The molecule has 0 spiro atoms. The molecule has 0 radical (unpaired) electrons. The minimum absolute atomic E-state index is 1.18. The summed E-state index contributed by atoms with van der Waals surface area (Å²) in [6.45, 7) is -0.278. The van der Waals surface area contributed by atoms with E-state index in [9.17, 15) is 0 Å². The van der Waals surface area contributed by atoms with Gasteiger partial charge in [-0.15, -0.1) is 0 Å². The summed E-state index contributed by atoms with van der Waals surface area (Å²) in [7, 11) is -2.35. The average Bonchev–Trinajstić information content (AvgIpc) is 1.54. The van der Waals surface area contributed by atoms with Crippen LogP contribution in [-0.4, -0.2) is 6.66 Å². The summed E-state index contributed by atoms with van der Waals surface area (Å²) in [5.74, 6) is 0. The minimum Gasteiger partial charge on any atom is -0.0449 e. The van der Waals surface area contributed by atoms with Gasteiger partial charge in [0.2, 0.25) is 27.0 Å². The number of halogens is 3. The van der Waals surface area contributed by atoms with E-state index in [2.05, 4.69) is 13.5 Å². The quantitative estimate of drug-likeness (QED) is 0.523. The Morgan fingerprint density at radius 1 is 1.30 bits per heavy atom. The third-order valence-electron chi connectivity index (χ3n) is 0.622. The number of nitrogens with zero attached hydrogens (tertiary/aromatic N) is 3. The lowest BCUT2D eigenvalue weighted by Gasteiger charge is -1.90. The molecule has 3 unspecified atom stereocenters. The van der Waals surface area contributed by atoms with E-state index in [1.807, 2.05) is 0 Å². The fraction of sp³-hybridized carbons (Fsp3) is 1.00. The minimum atomic E-state index is -2.03. The number of hydrogen-bond acceptors (Lipinski definition) is 3. The first-order valence-corrected chi connectivity index (χ1v) is 9.51. The summed E-state index contributed by atoms with van der Waals surface area (Å²) in [5, 5.41) is 0. The molecule has 56 valence electrons. The lowest BCUT2D eigenvalue weighted by atomic mass is 12.0. The largest absolute Gasteiger partial charge is 0.525 e. The van der Waals surface area contributed by atoms with Crippen molar-refractivity contribution in [3.63, 3.8) is 0 Å². The van der Waals surface area contributed by atoms with Gasteiger partial charge in [-0.25, -0.2) is 0 Å². The standard InChI is InChI=1S/CH3Cl3N3P3/c1-10(4)6-8(2)5-9(3)7-10/h1H3/q+2. The molecule has 0 aliphatic carbocycles. The Hall–Kier alpha value is 1.30. The van der Waals surface area contributed by atoms with Crippen molar-refractivity contribution in [1.29, 1.82) is 0 Å². The predicted octanol–water partition coefficient (Wildman–Crippen LogP) is 5.37. The summed E-state index contributed by atoms with van der Waals surface area (Å²) >= 11 is 17.1. The molecule has 1 aliphatic heterocycles. The van der Waals surface area contributed by atoms with Crippen molar-refractivity contribution in [2.45, 2.75) is 0 Å². The van der Waals surface area contributed by atoms with Gasteiger partial charge in [-0.05, 0) is 20.3 Å². The molecule has 0 aromatic rings. The van der Waals surface area contributed by atoms with Crippen molar-refractivity contribution in [3.05, 3.63) is 0 Å². The van der Waals surface area contributed by atoms with Crippen LogP contribution >= 0.6 is 54.7 Å². The van der Waals surface area contributed by atoms with Crippen molar-refractivity contribution >= 4 is 54.7 Å². The van der Waals surface area contributed by atoms with E-state index in [0.717, 1.165) is 0 Å². The van der Waals surface area contributed by atoms with Crippen molar-refractivity contribution in [2.75, 3.05) is 6.66 Å². The second-order valence-electron chi connectivity index (χ2n) is 1.56. The zero-order valence-electron chi connectivity index (χ0n) is 4.82. The second kappa shape index (κ2) is 3.35. The third kappa shape index (κ3) is 2.74. The molecule has 0 saturated heterocycles. The zero-order chi connectivity index (χ0) is 7.78. The Balaban J connectivity index is 3.15. The highest BCUT2D eigenvalue weighted by atomic mass is 35.7. The van der Waals surface area contributed by atoms with E-state index in [1.165, 1.54) is 0 Å². The molecule has 9 heteroatoms. The molecule has 0 saturated carbocycles. The van der Waals surface area contributed by atoms with Crippen LogP contribution < -0.4 is 0 Å². The van der Waals surface area contributed by atoms with Gasteiger partial charge in [0.05, 0.1) is 0 Å². The lowest BCUT2D eigenvalue weighted by Crippen LogP contribution is -1.58. The van der Waals surface area contributed by atoms with Crippen LogP contribution in [0.2, 0.25) is 0 Å². The van der Waals surface area contributed by atoms with Crippen molar-refractivity contribution in [3.8, 4) is 0 Å². The first-order chi connectivity index (χ1) is 4.49. The van der Waals surface area contributed by atoms with E-state index in [4.69, 9.17) is 33.7 Å². The van der Waals surface area contributed by atoms with Gasteiger partial charge < -0.3 is 0 Å². The Morgan fingerprint density at radius 3 is 2.30 bits per heavy atom. The fourth-order valence-electron chi connectivity index (χ4n) is 0.384. The zero-order valence-corrected chi connectivity index (χ0v) is 9.77. The molecule has 3 atom stereocenters. The van der Waals surface area contributed by atoms with Gasteiger partial charge in [0.25, 0.3) is 6.56 Å². The smallest absolute Gasteiger partial charge is 0.0449 e. The van der Waals surface area contributed by atoms with Crippen LogP contribution in [0.1, 0.15) is 0 Å². The van der Waals surface area contributed by atoms with Crippen molar-refractivity contribution in [2.24, 2.45) is 13.5 Å². The van der Waals surface area contributed by atoms with Gasteiger partial charge in [-0.1, -0.05) is 0 Å². The van der Waals surface area contributed by atoms with E-state index in [0.29, 0.717) is 0 Å². The highest BCUT2D eigenvalue weighted by molar-refractivity contribution is 8.00. The maximum Gasteiger partial charge on any atom is 0.525 e. The molecule has 10 heavy (non-hydrogen) atoms. The monoisotopic (exact) mass is 255 g/mol. The van der Waals surface area contributed by atoms with Crippen LogP contribution in [0, 0.1) is 0 Å². The lowest BCUT2D eigenvalue weighted by molar-refractivity contribution is 1.78. The molecule has 0 N–H and O–H groups in total. The SMILES string of the molecule is CP1(Cl)=N[P+](Cl)=N[P+](Cl)=N1. The first kappa shape index (κ1) is 9.39. The third-order valence-corrected chi connectivity index (χ3v) is 9.25. The van der Waals surface area contributed by atoms with Crippen molar-refractivity contribution in [1.82, 2.24) is 0 Å². The highest BCUT2D eigenvalue weighted by Crippen LogP contribution is 2.69. The molecule has 0 bridgehead atoms.